The van der Waals surface area contributed by atoms with Crippen LogP contribution in [0.1, 0.15) is 52.9 Å². The van der Waals surface area contributed by atoms with Crippen LogP contribution < -0.4 is 0 Å². The number of ketones is 1. The van der Waals surface area contributed by atoms with Crippen molar-refractivity contribution < 1.29 is 9.53 Å². The Balaban J connectivity index is 2.22. The molecule has 1 aliphatic rings. The van der Waals surface area contributed by atoms with Crippen LogP contribution in [-0.4, -0.2) is 19.0 Å². The van der Waals surface area contributed by atoms with Crippen LogP contribution in [0.4, 0.5) is 0 Å². The molecule has 2 heteroatoms. The number of hydrogen-bond acceptors (Lipinski definition) is 2. The molecule has 1 fully saturated rings. The molecule has 0 amide bonds. The van der Waals surface area contributed by atoms with Crippen LogP contribution in [0.3, 0.4) is 0 Å². The number of carbonyl (C=O) groups excluding carboxylic acids is 1. The highest BCUT2D eigenvalue weighted by Gasteiger charge is 2.27. The maximum Gasteiger partial charge on any atom is 0.161 e. The molecule has 0 atom stereocenters. The van der Waals surface area contributed by atoms with E-state index in [-0.39, 0.29) is 5.92 Å². The van der Waals surface area contributed by atoms with Gasteiger partial charge in [0, 0.05) is 12.5 Å². The Morgan fingerprint density at radius 3 is 2.38 bits per heavy atom. The highest BCUT2D eigenvalue weighted by Crippen LogP contribution is 2.33. The van der Waals surface area contributed by atoms with Gasteiger partial charge < -0.3 is 4.74 Å². The molecule has 0 saturated heterocycles. The van der Waals surface area contributed by atoms with Crippen molar-refractivity contribution in [3.63, 3.8) is 0 Å². The van der Waals surface area contributed by atoms with Crippen LogP contribution in [0, 0.1) is 17.8 Å². The zero-order valence-corrected chi connectivity index (χ0v) is 11.0. The molecule has 0 aromatic carbocycles. The van der Waals surface area contributed by atoms with Crippen molar-refractivity contribution in [3.8, 4) is 0 Å². The second kappa shape index (κ2) is 7.05. The van der Waals surface area contributed by atoms with Crippen LogP contribution in [0.5, 0.6) is 0 Å². The molecule has 16 heavy (non-hydrogen) atoms. The van der Waals surface area contributed by atoms with Crippen molar-refractivity contribution in [2.75, 3.05) is 13.2 Å². The lowest BCUT2D eigenvalue weighted by molar-refractivity contribution is -0.128. The lowest BCUT2D eigenvalue weighted by Crippen LogP contribution is -2.26. The molecule has 0 aromatic rings. The number of Topliss-reactive ketones (excluding diaryl/α,β-unsaturated/α-hetero) is 1. The number of hydrogen-bond donors (Lipinski definition) is 0. The number of carbonyl (C=O) groups is 1. The van der Waals surface area contributed by atoms with Crippen LogP contribution in [0.15, 0.2) is 0 Å². The number of ether oxygens (including phenoxy) is 1. The zero-order valence-electron chi connectivity index (χ0n) is 11.0. The van der Waals surface area contributed by atoms with Gasteiger partial charge in [-0.2, -0.15) is 0 Å². The summed E-state index contributed by atoms with van der Waals surface area (Å²) in [6.07, 6.45) is 5.60. The fourth-order valence-corrected chi connectivity index (χ4v) is 2.54. The van der Waals surface area contributed by atoms with Crippen molar-refractivity contribution in [3.05, 3.63) is 0 Å². The zero-order chi connectivity index (χ0) is 12.0. The molecule has 0 unspecified atom stereocenters. The summed E-state index contributed by atoms with van der Waals surface area (Å²) in [6, 6.07) is 0. The SMILES string of the molecule is CCCOCC(=O)C1CCC(C(C)C)CC1. The quantitative estimate of drug-likeness (QED) is 0.648. The first kappa shape index (κ1) is 13.7. The fraction of sp³-hybridized carbons (Fsp3) is 0.929. The summed E-state index contributed by atoms with van der Waals surface area (Å²) < 4.78 is 5.32. The van der Waals surface area contributed by atoms with Crippen molar-refractivity contribution in [2.24, 2.45) is 17.8 Å². The van der Waals surface area contributed by atoms with Gasteiger partial charge in [0.05, 0.1) is 0 Å². The minimum Gasteiger partial charge on any atom is -0.374 e. The van der Waals surface area contributed by atoms with Crippen molar-refractivity contribution in [1.29, 1.82) is 0 Å². The van der Waals surface area contributed by atoms with E-state index < -0.39 is 0 Å². The molecule has 1 rings (SSSR count). The third-order valence-electron chi connectivity index (χ3n) is 3.76. The summed E-state index contributed by atoms with van der Waals surface area (Å²) in [7, 11) is 0. The number of rotatable bonds is 6. The first-order valence-electron chi connectivity index (χ1n) is 6.75. The second-order valence-corrected chi connectivity index (χ2v) is 5.37. The topological polar surface area (TPSA) is 26.3 Å². The van der Waals surface area contributed by atoms with Gasteiger partial charge in [-0.25, -0.2) is 0 Å². The molecule has 0 heterocycles. The molecule has 94 valence electrons. The van der Waals surface area contributed by atoms with Crippen molar-refractivity contribution in [2.45, 2.75) is 52.9 Å². The fourth-order valence-electron chi connectivity index (χ4n) is 2.54. The van der Waals surface area contributed by atoms with Crippen LogP contribution >= 0.6 is 0 Å². The van der Waals surface area contributed by atoms with Gasteiger partial charge in [-0.3, -0.25) is 4.79 Å². The molecule has 0 aromatic heterocycles. The van der Waals surface area contributed by atoms with Gasteiger partial charge in [0.25, 0.3) is 0 Å². The van der Waals surface area contributed by atoms with E-state index >= 15 is 0 Å². The molecule has 1 aliphatic carbocycles. The summed E-state index contributed by atoms with van der Waals surface area (Å²) in [5.74, 6) is 2.22. The maximum absolute atomic E-state index is 11.8. The second-order valence-electron chi connectivity index (χ2n) is 5.37. The molecule has 0 radical (unpaired) electrons. The van der Waals surface area contributed by atoms with E-state index in [1.807, 2.05) is 0 Å². The minimum atomic E-state index is 0.284. The predicted octanol–water partition coefficient (Wildman–Crippen LogP) is 3.44. The molecule has 0 spiro atoms. The normalized spacial score (nSPS) is 26.0. The van der Waals surface area contributed by atoms with Gasteiger partial charge in [-0.1, -0.05) is 20.8 Å². The highest BCUT2D eigenvalue weighted by molar-refractivity contribution is 5.82. The molecule has 2 nitrogen and oxygen atoms in total. The molecular weight excluding hydrogens is 200 g/mol. The average Bonchev–Trinajstić information content (AvgIpc) is 2.29. The van der Waals surface area contributed by atoms with Gasteiger partial charge in [0.15, 0.2) is 5.78 Å². The minimum absolute atomic E-state index is 0.284. The Kier molecular flexibility index (Phi) is 6.04. The average molecular weight is 226 g/mol. The Bertz CT molecular complexity index is 203. The van der Waals surface area contributed by atoms with Crippen LogP contribution in [0.2, 0.25) is 0 Å². The van der Waals surface area contributed by atoms with Gasteiger partial charge in [0.1, 0.15) is 6.61 Å². The van der Waals surface area contributed by atoms with E-state index in [4.69, 9.17) is 4.74 Å². The monoisotopic (exact) mass is 226 g/mol. The first-order valence-corrected chi connectivity index (χ1v) is 6.75. The van der Waals surface area contributed by atoms with E-state index in [0.717, 1.165) is 31.1 Å². The molecule has 0 bridgehead atoms. The van der Waals surface area contributed by atoms with E-state index in [2.05, 4.69) is 20.8 Å². The Morgan fingerprint density at radius 2 is 1.88 bits per heavy atom. The van der Waals surface area contributed by atoms with Gasteiger partial charge in [-0.05, 0) is 43.9 Å². The van der Waals surface area contributed by atoms with Gasteiger partial charge in [-0.15, -0.1) is 0 Å². The lowest BCUT2D eigenvalue weighted by atomic mass is 9.76. The summed E-state index contributed by atoms with van der Waals surface area (Å²) in [6.45, 7) is 7.70. The van der Waals surface area contributed by atoms with Gasteiger partial charge >= 0.3 is 0 Å². The first-order chi connectivity index (χ1) is 7.65. The third kappa shape index (κ3) is 4.25. The van der Waals surface area contributed by atoms with E-state index in [1.165, 1.54) is 12.8 Å². The van der Waals surface area contributed by atoms with Crippen LogP contribution in [-0.2, 0) is 9.53 Å². The molecule has 0 N–H and O–H groups in total. The summed E-state index contributed by atoms with van der Waals surface area (Å²) >= 11 is 0. The van der Waals surface area contributed by atoms with Crippen molar-refractivity contribution >= 4 is 5.78 Å². The Labute approximate surface area is 99.8 Å². The molecule has 0 aliphatic heterocycles. The molecular formula is C14H26O2. The predicted molar refractivity (Wildman–Crippen MR) is 66.4 cm³/mol. The Morgan fingerprint density at radius 1 is 1.25 bits per heavy atom. The van der Waals surface area contributed by atoms with Crippen molar-refractivity contribution in [1.82, 2.24) is 0 Å². The highest BCUT2D eigenvalue weighted by atomic mass is 16.5. The largest absolute Gasteiger partial charge is 0.374 e. The lowest BCUT2D eigenvalue weighted by Gasteiger charge is -2.30. The van der Waals surface area contributed by atoms with E-state index in [1.54, 1.807) is 0 Å². The van der Waals surface area contributed by atoms with Gasteiger partial charge in [0.2, 0.25) is 0 Å². The Hall–Kier alpha value is -0.370. The summed E-state index contributed by atoms with van der Waals surface area (Å²) in [4.78, 5) is 11.8. The smallest absolute Gasteiger partial charge is 0.161 e. The molecule has 1 saturated carbocycles. The van der Waals surface area contributed by atoms with Crippen LogP contribution in [0.25, 0.3) is 0 Å². The van der Waals surface area contributed by atoms with E-state index in [9.17, 15) is 4.79 Å². The summed E-state index contributed by atoms with van der Waals surface area (Å²) in [5, 5.41) is 0. The maximum atomic E-state index is 11.8. The standard InChI is InChI=1S/C14H26O2/c1-4-9-16-10-14(15)13-7-5-12(6-8-13)11(2)3/h11-13H,4-10H2,1-3H3. The third-order valence-corrected chi connectivity index (χ3v) is 3.76. The van der Waals surface area contributed by atoms with E-state index in [0.29, 0.717) is 19.0 Å². The summed E-state index contributed by atoms with van der Waals surface area (Å²) in [5.41, 5.74) is 0.